The summed E-state index contributed by atoms with van der Waals surface area (Å²) in [5, 5.41) is 11.0. The van der Waals surface area contributed by atoms with Crippen molar-refractivity contribution in [1.29, 1.82) is 0 Å². The number of carboxylic acids is 1. The molecule has 1 saturated heterocycles. The highest BCUT2D eigenvalue weighted by Crippen LogP contribution is 2.28. The fourth-order valence-corrected chi connectivity index (χ4v) is 2.52. The molecule has 2 atom stereocenters. The lowest BCUT2D eigenvalue weighted by Gasteiger charge is -2.31. The van der Waals surface area contributed by atoms with Crippen LogP contribution >= 0.6 is 0 Å². The largest absolute Gasteiger partial charge is 0.550 e. The molecule has 1 heterocycles. The lowest BCUT2D eigenvalue weighted by molar-refractivity contribution is -0.313. The summed E-state index contributed by atoms with van der Waals surface area (Å²) in [6.45, 7) is 1.55. The predicted octanol–water partition coefficient (Wildman–Crippen LogP) is -0.0589. The Morgan fingerprint density at radius 2 is 1.62 bits per heavy atom. The molecule has 1 fully saturated rings. The van der Waals surface area contributed by atoms with Crippen molar-refractivity contribution in [3.63, 3.8) is 0 Å². The van der Waals surface area contributed by atoms with Gasteiger partial charge in [0, 0.05) is 30.9 Å². The molecule has 4 nitrogen and oxygen atoms in total. The molecule has 1 aliphatic carbocycles. The third-order valence-electron chi connectivity index (χ3n) is 3.47. The van der Waals surface area contributed by atoms with Crippen LogP contribution in [-0.4, -0.2) is 29.9 Å². The van der Waals surface area contributed by atoms with Gasteiger partial charge >= 0.3 is 0 Å². The van der Waals surface area contributed by atoms with Gasteiger partial charge in [0.25, 0.3) is 0 Å². The van der Waals surface area contributed by atoms with Crippen LogP contribution in [0.4, 0.5) is 0 Å². The fourth-order valence-electron chi connectivity index (χ4n) is 2.52. The average molecular weight is 222 g/mol. The first-order chi connectivity index (χ1) is 7.70. The molecule has 0 spiro atoms. The van der Waals surface area contributed by atoms with Gasteiger partial charge in [-0.15, -0.1) is 0 Å². The van der Waals surface area contributed by atoms with E-state index in [2.05, 4.69) is 0 Å². The molecule has 2 rings (SSSR count). The predicted molar refractivity (Wildman–Crippen MR) is 56.2 cm³/mol. The fraction of sp³-hybridized carbons (Fsp3) is 0.667. The number of nitrogens with zero attached hydrogens (tertiary/aromatic N) is 1. The van der Waals surface area contributed by atoms with Crippen LogP contribution in [0.5, 0.6) is 0 Å². The van der Waals surface area contributed by atoms with Crippen LogP contribution in [0.25, 0.3) is 0 Å². The molecular formula is C12H16NO3-. The van der Waals surface area contributed by atoms with Crippen LogP contribution in [-0.2, 0) is 9.59 Å². The number of hydrogen-bond acceptors (Lipinski definition) is 3. The number of amides is 1. The lowest BCUT2D eigenvalue weighted by Crippen LogP contribution is -2.44. The Hall–Kier alpha value is -1.32. The maximum Gasteiger partial charge on any atom is 0.226 e. The maximum atomic E-state index is 12.1. The minimum Gasteiger partial charge on any atom is -0.550 e. The molecule has 1 aliphatic heterocycles. The van der Waals surface area contributed by atoms with E-state index < -0.39 is 17.8 Å². The van der Waals surface area contributed by atoms with Crippen molar-refractivity contribution in [2.45, 2.75) is 25.7 Å². The summed E-state index contributed by atoms with van der Waals surface area (Å²) >= 11 is 0. The standard InChI is InChI=1S/C12H17NO3/c14-11(13-7-3-4-8-13)9-5-1-2-6-10(9)12(15)16/h1-2,9-10H,3-8H2,(H,15,16)/p-1. The molecule has 0 bridgehead atoms. The number of carbonyl (C=O) groups is 2. The molecule has 88 valence electrons. The van der Waals surface area contributed by atoms with E-state index in [0.717, 1.165) is 25.9 Å². The topological polar surface area (TPSA) is 60.4 Å². The molecule has 0 aromatic rings. The van der Waals surface area contributed by atoms with Crippen LogP contribution in [0.15, 0.2) is 12.2 Å². The second-order valence-electron chi connectivity index (χ2n) is 4.51. The van der Waals surface area contributed by atoms with Gasteiger partial charge in [-0.25, -0.2) is 0 Å². The van der Waals surface area contributed by atoms with Gasteiger partial charge in [0.15, 0.2) is 0 Å². The van der Waals surface area contributed by atoms with Crippen LogP contribution in [0, 0.1) is 11.8 Å². The Morgan fingerprint density at radius 3 is 2.19 bits per heavy atom. The van der Waals surface area contributed by atoms with Gasteiger partial charge in [0.2, 0.25) is 5.91 Å². The van der Waals surface area contributed by atoms with Crippen molar-refractivity contribution < 1.29 is 14.7 Å². The highest BCUT2D eigenvalue weighted by atomic mass is 16.4. The molecule has 2 aliphatic rings. The summed E-state index contributed by atoms with van der Waals surface area (Å²) in [4.78, 5) is 24.9. The first kappa shape index (κ1) is 11.2. The van der Waals surface area contributed by atoms with Crippen LogP contribution in [0.1, 0.15) is 25.7 Å². The van der Waals surface area contributed by atoms with E-state index >= 15 is 0 Å². The third-order valence-corrected chi connectivity index (χ3v) is 3.47. The minimum absolute atomic E-state index is 0.00366. The quantitative estimate of drug-likeness (QED) is 0.615. The normalized spacial score (nSPS) is 29.4. The smallest absolute Gasteiger partial charge is 0.226 e. The van der Waals surface area contributed by atoms with Crippen LogP contribution in [0.2, 0.25) is 0 Å². The number of hydrogen-bond donors (Lipinski definition) is 0. The highest BCUT2D eigenvalue weighted by Gasteiger charge is 2.33. The summed E-state index contributed by atoms with van der Waals surface area (Å²) < 4.78 is 0. The summed E-state index contributed by atoms with van der Waals surface area (Å²) in [7, 11) is 0. The van der Waals surface area contributed by atoms with E-state index in [9.17, 15) is 14.7 Å². The Bertz CT molecular complexity index is 318. The summed E-state index contributed by atoms with van der Waals surface area (Å²) in [6.07, 6.45) is 6.75. The molecule has 1 amide bonds. The lowest BCUT2D eigenvalue weighted by atomic mass is 9.82. The van der Waals surface area contributed by atoms with E-state index in [-0.39, 0.29) is 5.91 Å². The number of carbonyl (C=O) groups excluding carboxylic acids is 2. The molecular weight excluding hydrogens is 206 g/mol. The zero-order valence-electron chi connectivity index (χ0n) is 9.22. The van der Waals surface area contributed by atoms with Gasteiger partial charge in [0.05, 0.1) is 0 Å². The molecule has 4 heteroatoms. The zero-order valence-corrected chi connectivity index (χ0v) is 9.22. The first-order valence-electron chi connectivity index (χ1n) is 5.85. The molecule has 0 aromatic heterocycles. The molecule has 16 heavy (non-hydrogen) atoms. The molecule has 0 aromatic carbocycles. The number of aliphatic carboxylic acids is 1. The van der Waals surface area contributed by atoms with Crippen LogP contribution < -0.4 is 5.11 Å². The number of allylic oxidation sites excluding steroid dienone is 2. The summed E-state index contributed by atoms with van der Waals surface area (Å²) in [5.74, 6) is -2.15. The maximum absolute atomic E-state index is 12.1. The van der Waals surface area contributed by atoms with Crippen molar-refractivity contribution in [3.8, 4) is 0 Å². The van der Waals surface area contributed by atoms with E-state index in [1.54, 1.807) is 4.90 Å². The van der Waals surface area contributed by atoms with E-state index in [4.69, 9.17) is 0 Å². The average Bonchev–Trinajstić information content (AvgIpc) is 2.81. The van der Waals surface area contributed by atoms with Gasteiger partial charge in [-0.2, -0.15) is 0 Å². The second kappa shape index (κ2) is 4.68. The summed E-state index contributed by atoms with van der Waals surface area (Å²) in [6, 6.07) is 0. The number of likely N-dealkylation sites (tertiary alicyclic amines) is 1. The monoisotopic (exact) mass is 222 g/mol. The Labute approximate surface area is 94.9 Å². The van der Waals surface area contributed by atoms with Gasteiger partial charge in [-0.1, -0.05) is 12.2 Å². The van der Waals surface area contributed by atoms with Gasteiger partial charge in [-0.05, 0) is 25.7 Å². The van der Waals surface area contributed by atoms with Crippen LogP contribution in [0.3, 0.4) is 0 Å². The van der Waals surface area contributed by atoms with E-state index in [0.29, 0.717) is 12.8 Å². The number of carboxylic acid groups (broad SMARTS) is 1. The third kappa shape index (κ3) is 2.10. The van der Waals surface area contributed by atoms with Crippen molar-refractivity contribution in [2.24, 2.45) is 11.8 Å². The van der Waals surface area contributed by atoms with Crippen molar-refractivity contribution in [3.05, 3.63) is 12.2 Å². The van der Waals surface area contributed by atoms with Crippen molar-refractivity contribution in [1.82, 2.24) is 4.90 Å². The van der Waals surface area contributed by atoms with Gasteiger partial charge in [-0.3, -0.25) is 4.79 Å². The highest BCUT2D eigenvalue weighted by molar-refractivity contribution is 5.85. The zero-order chi connectivity index (χ0) is 11.5. The Kier molecular flexibility index (Phi) is 3.27. The first-order valence-corrected chi connectivity index (χ1v) is 5.85. The molecule has 2 unspecified atom stereocenters. The summed E-state index contributed by atoms with van der Waals surface area (Å²) in [5.41, 5.74) is 0. The molecule has 0 radical (unpaired) electrons. The van der Waals surface area contributed by atoms with Gasteiger partial charge in [0.1, 0.15) is 0 Å². The van der Waals surface area contributed by atoms with Crippen molar-refractivity contribution in [2.75, 3.05) is 13.1 Å². The Morgan fingerprint density at radius 1 is 1.06 bits per heavy atom. The van der Waals surface area contributed by atoms with E-state index in [1.807, 2.05) is 12.2 Å². The molecule has 0 N–H and O–H groups in total. The van der Waals surface area contributed by atoms with Gasteiger partial charge < -0.3 is 14.8 Å². The molecule has 0 saturated carbocycles. The van der Waals surface area contributed by atoms with E-state index in [1.165, 1.54) is 0 Å². The second-order valence-corrected chi connectivity index (χ2v) is 4.51. The van der Waals surface area contributed by atoms with Crippen molar-refractivity contribution >= 4 is 11.9 Å². The minimum atomic E-state index is -1.10. The Balaban J connectivity index is 2.08. The number of rotatable bonds is 2. The SMILES string of the molecule is O=C([O-])C1CC=CCC1C(=O)N1CCCC1.